The van der Waals surface area contributed by atoms with E-state index in [1.807, 2.05) is 0 Å². The highest BCUT2D eigenvalue weighted by molar-refractivity contribution is 6.28. The van der Waals surface area contributed by atoms with Crippen molar-refractivity contribution in [1.82, 2.24) is 21.3 Å². The number of rotatable bonds is 30. The molecule has 4 amide bonds. The van der Waals surface area contributed by atoms with Crippen molar-refractivity contribution < 1.29 is 47.0 Å². The van der Waals surface area contributed by atoms with Crippen molar-refractivity contribution in [2.24, 2.45) is 44.6 Å². The fourth-order valence-corrected chi connectivity index (χ4v) is 5.46. The molecule has 0 bridgehead atoms. The van der Waals surface area contributed by atoms with Gasteiger partial charge in [0.05, 0.1) is 11.9 Å². The smallest absolute Gasteiger partial charge is 0.475 e. The van der Waals surface area contributed by atoms with Crippen molar-refractivity contribution in [1.29, 1.82) is 0 Å². The summed E-state index contributed by atoms with van der Waals surface area (Å²) in [7, 11) is 0. The van der Waals surface area contributed by atoms with Gasteiger partial charge in [-0.3, -0.25) is 34.0 Å². The lowest BCUT2D eigenvalue weighted by Crippen LogP contribution is -2.59. The molecule has 0 aromatic heterocycles. The van der Waals surface area contributed by atoms with E-state index in [4.69, 9.17) is 50.2 Å². The summed E-state index contributed by atoms with van der Waals surface area (Å²) in [5.74, 6) is -5.98. The summed E-state index contributed by atoms with van der Waals surface area (Å²) in [4.78, 5) is 82.9. The lowest BCUT2D eigenvalue weighted by Gasteiger charge is -2.28. The second-order valence-corrected chi connectivity index (χ2v) is 14.2. The maximum atomic E-state index is 13.7. The van der Waals surface area contributed by atoms with Crippen LogP contribution in [0.2, 0.25) is 0 Å². The van der Waals surface area contributed by atoms with Gasteiger partial charge in [0.1, 0.15) is 18.1 Å². The molecule has 0 aliphatic rings. The number of aliphatic imine (C=N–C) groups is 2. The molecule has 0 saturated carbocycles. The Morgan fingerprint density at radius 1 is 0.655 bits per heavy atom. The van der Waals surface area contributed by atoms with Crippen LogP contribution in [0.25, 0.3) is 0 Å². The van der Waals surface area contributed by atoms with Crippen molar-refractivity contribution in [2.75, 3.05) is 25.5 Å². The van der Waals surface area contributed by atoms with E-state index in [-0.39, 0.29) is 68.4 Å². The summed E-state index contributed by atoms with van der Waals surface area (Å²) in [5.41, 5.74) is 27.3. The van der Waals surface area contributed by atoms with Gasteiger partial charge in [-0.05, 0) is 63.8 Å². The molecule has 58 heavy (non-hydrogen) atoms. The largest absolute Gasteiger partial charge is 0.490 e. The second-order valence-electron chi connectivity index (χ2n) is 13.9. The standard InChI is InChI=1S/C34H66ClN11O5.C2HF3O2/c1-4-5-6-7-8-9-10-18-28(48)43-25(17-14-21-42-34(39)40)31(50)46-29(23(2)3)32(51)45-26(15-11-12-19-36)30(49)44-24(27(47)22-35)16-13-20-41-33(37)38;3-2(4,5)1(6)7/h23-26,29H,4-22,36H2,1-3H3,(H,43,48)(H,44,49)(H,45,51)(H,46,50)(H4,37,38,41)(H4,39,40,42);(H,6,7). The molecular formula is C36H67ClF3N11O7. The molecule has 18 nitrogen and oxygen atoms in total. The zero-order valence-corrected chi connectivity index (χ0v) is 34.8. The van der Waals surface area contributed by atoms with Crippen LogP contribution in [-0.4, -0.2) is 108 Å². The number of ketones is 1. The summed E-state index contributed by atoms with van der Waals surface area (Å²) < 4.78 is 31.7. The molecule has 0 saturated heterocycles. The number of carbonyl (C=O) groups excluding carboxylic acids is 5. The van der Waals surface area contributed by atoms with Crippen LogP contribution in [0.15, 0.2) is 9.98 Å². The highest BCUT2D eigenvalue weighted by atomic mass is 35.5. The van der Waals surface area contributed by atoms with Gasteiger partial charge in [0.25, 0.3) is 0 Å². The zero-order valence-electron chi connectivity index (χ0n) is 34.0. The predicted molar refractivity (Wildman–Crippen MR) is 217 cm³/mol. The summed E-state index contributed by atoms with van der Waals surface area (Å²) >= 11 is 5.81. The van der Waals surface area contributed by atoms with Gasteiger partial charge in [0.2, 0.25) is 23.6 Å². The van der Waals surface area contributed by atoms with E-state index in [1.54, 1.807) is 13.8 Å². The van der Waals surface area contributed by atoms with Crippen LogP contribution >= 0.6 is 11.6 Å². The molecule has 22 heteroatoms. The lowest BCUT2D eigenvalue weighted by atomic mass is 10.00. The van der Waals surface area contributed by atoms with Gasteiger partial charge < -0.3 is 55.0 Å². The fraction of sp³-hybridized carbons (Fsp3) is 0.778. The van der Waals surface area contributed by atoms with Crippen LogP contribution in [0.3, 0.4) is 0 Å². The quantitative estimate of drug-likeness (QED) is 0.0212. The first-order chi connectivity index (χ1) is 27.2. The first-order valence-corrected chi connectivity index (χ1v) is 20.1. The van der Waals surface area contributed by atoms with Crippen LogP contribution in [0, 0.1) is 5.92 Å². The number of Topliss-reactive ketones (excluding diaryl/α,β-unsaturated/α-hetero) is 1. The number of nitrogens with two attached hydrogens (primary N) is 5. The van der Waals surface area contributed by atoms with Gasteiger partial charge in [-0.1, -0.05) is 59.3 Å². The number of amides is 4. The molecule has 0 aromatic carbocycles. The maximum absolute atomic E-state index is 13.7. The number of nitrogens with one attached hydrogen (secondary N) is 4. The number of carboxylic acids is 1. The van der Waals surface area contributed by atoms with Gasteiger partial charge in [-0.25, -0.2) is 4.79 Å². The van der Waals surface area contributed by atoms with Crippen LogP contribution < -0.4 is 49.9 Å². The lowest BCUT2D eigenvalue weighted by molar-refractivity contribution is -0.192. The molecule has 0 radical (unpaired) electrons. The highest BCUT2D eigenvalue weighted by Crippen LogP contribution is 2.14. The molecule has 0 aliphatic carbocycles. The molecular weight excluding hydrogens is 791 g/mol. The highest BCUT2D eigenvalue weighted by Gasteiger charge is 2.38. The first-order valence-electron chi connectivity index (χ1n) is 19.6. The average Bonchev–Trinajstić information content (AvgIpc) is 3.14. The van der Waals surface area contributed by atoms with Crippen LogP contribution in [-0.2, 0) is 28.8 Å². The van der Waals surface area contributed by atoms with Gasteiger partial charge >= 0.3 is 12.1 Å². The number of hydrogen-bond acceptors (Lipinski definition) is 9. The van der Waals surface area contributed by atoms with E-state index in [9.17, 15) is 37.1 Å². The Labute approximate surface area is 344 Å². The van der Waals surface area contributed by atoms with Gasteiger partial charge in [0, 0.05) is 19.5 Å². The minimum atomic E-state index is -5.08. The van der Waals surface area contributed by atoms with Gasteiger partial charge in [-0.2, -0.15) is 13.2 Å². The number of unbranched alkanes of at least 4 members (excludes halogenated alkanes) is 7. The molecule has 0 aliphatic heterocycles. The maximum Gasteiger partial charge on any atom is 0.490 e. The van der Waals surface area contributed by atoms with Crippen molar-refractivity contribution in [3.63, 3.8) is 0 Å². The summed E-state index contributed by atoms with van der Waals surface area (Å²) in [6, 6.07) is -3.91. The van der Waals surface area contributed by atoms with Crippen molar-refractivity contribution in [3.05, 3.63) is 0 Å². The predicted octanol–water partition coefficient (Wildman–Crippen LogP) is 1.40. The van der Waals surface area contributed by atoms with E-state index in [2.05, 4.69) is 38.2 Å². The van der Waals surface area contributed by atoms with E-state index in [1.165, 1.54) is 19.3 Å². The van der Waals surface area contributed by atoms with Crippen molar-refractivity contribution >= 4 is 58.9 Å². The SMILES string of the molecule is CCCCCCCCCC(=O)NC(CCCN=C(N)N)C(=O)NC(C(=O)NC(CCCCN)C(=O)NC(CCCN=C(N)N)C(=O)CCl)C(C)C.O=C(O)C(F)(F)F. The van der Waals surface area contributed by atoms with E-state index < -0.39 is 59.8 Å². The van der Waals surface area contributed by atoms with Gasteiger partial charge in [-0.15, -0.1) is 11.6 Å². The minimum Gasteiger partial charge on any atom is -0.475 e. The Morgan fingerprint density at radius 2 is 1.10 bits per heavy atom. The molecule has 4 unspecified atom stereocenters. The molecule has 0 rings (SSSR count). The Bertz CT molecular complexity index is 1300. The van der Waals surface area contributed by atoms with Crippen LogP contribution in [0.1, 0.15) is 117 Å². The van der Waals surface area contributed by atoms with E-state index in [0.29, 0.717) is 38.6 Å². The first kappa shape index (κ1) is 55.7. The third kappa shape index (κ3) is 28.9. The van der Waals surface area contributed by atoms with Crippen molar-refractivity contribution in [2.45, 2.75) is 147 Å². The summed E-state index contributed by atoms with van der Waals surface area (Å²) in [6.45, 7) is 6.58. The monoisotopic (exact) mass is 857 g/mol. The minimum absolute atomic E-state index is 0.0788. The number of halogens is 4. The molecule has 336 valence electrons. The normalized spacial score (nSPS) is 13.1. The number of alkyl halides is 4. The number of nitrogens with zero attached hydrogens (tertiary/aromatic N) is 2. The number of guanidine groups is 2. The van der Waals surface area contributed by atoms with E-state index in [0.717, 1.165) is 19.3 Å². The fourth-order valence-electron chi connectivity index (χ4n) is 5.28. The molecule has 0 spiro atoms. The number of carbonyl (C=O) groups is 6. The Balaban J connectivity index is 0. The van der Waals surface area contributed by atoms with Crippen LogP contribution in [0.4, 0.5) is 13.2 Å². The molecule has 15 N–H and O–H groups in total. The topological polar surface area (TPSA) is 326 Å². The summed E-state index contributed by atoms with van der Waals surface area (Å²) in [5, 5.41) is 18.2. The second kappa shape index (κ2) is 32.5. The molecule has 0 heterocycles. The Morgan fingerprint density at radius 3 is 1.57 bits per heavy atom. The number of carboxylic acid groups (broad SMARTS) is 1. The van der Waals surface area contributed by atoms with Gasteiger partial charge in [0.15, 0.2) is 17.7 Å². The zero-order chi connectivity index (χ0) is 44.7. The third-order valence-corrected chi connectivity index (χ3v) is 8.72. The third-order valence-electron chi connectivity index (χ3n) is 8.46. The molecule has 0 aromatic rings. The molecule has 0 fully saturated rings. The Kier molecular flexibility index (Phi) is 31.3. The van der Waals surface area contributed by atoms with Crippen LogP contribution in [0.5, 0.6) is 0 Å². The average molecular weight is 858 g/mol. The molecule has 4 atom stereocenters. The number of aliphatic carboxylic acids is 1. The van der Waals surface area contributed by atoms with Crippen molar-refractivity contribution in [3.8, 4) is 0 Å². The summed E-state index contributed by atoms with van der Waals surface area (Å²) in [6.07, 6.45) is 5.21. The number of hydrogen-bond donors (Lipinski definition) is 10. The Hall–Kier alpha value is -4.40. The van der Waals surface area contributed by atoms with E-state index >= 15 is 0 Å².